The molecule has 0 atom stereocenters. The molecule has 0 bridgehead atoms. The summed E-state index contributed by atoms with van der Waals surface area (Å²) in [6.07, 6.45) is 0. The van der Waals surface area contributed by atoms with Gasteiger partial charge < -0.3 is 15.1 Å². The van der Waals surface area contributed by atoms with Crippen LogP contribution >= 0.6 is 0 Å². The predicted molar refractivity (Wildman–Crippen MR) is 60.9 cm³/mol. The van der Waals surface area contributed by atoms with Crippen molar-refractivity contribution in [1.29, 1.82) is 0 Å². The average Bonchev–Trinajstić information content (AvgIpc) is 2.64. The summed E-state index contributed by atoms with van der Waals surface area (Å²) in [5.74, 6) is 0. The number of rotatable bonds is 3. The van der Waals surface area contributed by atoms with E-state index in [1.54, 1.807) is 6.07 Å². The maximum Gasteiger partial charge on any atom is 0.295 e. The molecule has 17 heavy (non-hydrogen) atoms. The number of oxazole rings is 1. The standard InChI is InChI=1S/C10H10N4O3/c15-14(16)7-1-2-9-8(3-7)13-10(17-9)12-6-4-11-5-6/h1-3,6,11H,4-5H2,(H,12,13). The van der Waals surface area contributed by atoms with Crippen LogP contribution in [0.5, 0.6) is 0 Å². The Morgan fingerprint density at radius 2 is 2.35 bits per heavy atom. The summed E-state index contributed by atoms with van der Waals surface area (Å²) >= 11 is 0. The Hall–Kier alpha value is -2.15. The lowest BCUT2D eigenvalue weighted by molar-refractivity contribution is -0.384. The van der Waals surface area contributed by atoms with E-state index in [1.807, 2.05) is 0 Å². The van der Waals surface area contributed by atoms with Gasteiger partial charge in [0.15, 0.2) is 5.58 Å². The van der Waals surface area contributed by atoms with Crippen LogP contribution in [0, 0.1) is 10.1 Å². The lowest BCUT2D eigenvalue weighted by atomic mass is 10.2. The number of hydrogen-bond donors (Lipinski definition) is 2. The van der Waals surface area contributed by atoms with Crippen LogP contribution < -0.4 is 10.6 Å². The van der Waals surface area contributed by atoms with Gasteiger partial charge in [0.1, 0.15) is 5.52 Å². The van der Waals surface area contributed by atoms with Crippen molar-refractivity contribution in [3.8, 4) is 0 Å². The van der Waals surface area contributed by atoms with Crippen LogP contribution in [0.1, 0.15) is 0 Å². The van der Waals surface area contributed by atoms with Crippen molar-refractivity contribution < 1.29 is 9.34 Å². The predicted octanol–water partition coefficient (Wildman–Crippen LogP) is 1.12. The maximum atomic E-state index is 10.6. The van der Waals surface area contributed by atoms with Crippen LogP contribution in [-0.4, -0.2) is 29.0 Å². The van der Waals surface area contributed by atoms with Crippen LogP contribution in [-0.2, 0) is 0 Å². The Balaban J connectivity index is 1.91. The number of hydrogen-bond acceptors (Lipinski definition) is 6. The van der Waals surface area contributed by atoms with E-state index < -0.39 is 4.92 Å². The number of non-ortho nitro benzene ring substituents is 1. The zero-order valence-electron chi connectivity index (χ0n) is 8.84. The van der Waals surface area contributed by atoms with E-state index in [4.69, 9.17) is 4.42 Å². The van der Waals surface area contributed by atoms with Gasteiger partial charge in [0.25, 0.3) is 11.7 Å². The van der Waals surface area contributed by atoms with Gasteiger partial charge in [-0.1, -0.05) is 0 Å². The van der Waals surface area contributed by atoms with Crippen LogP contribution in [0.2, 0.25) is 0 Å². The molecule has 1 aromatic heterocycles. The molecule has 1 fully saturated rings. The monoisotopic (exact) mass is 234 g/mol. The highest BCUT2D eigenvalue weighted by Crippen LogP contribution is 2.23. The molecule has 0 unspecified atom stereocenters. The molecule has 0 amide bonds. The third-order valence-corrected chi connectivity index (χ3v) is 2.69. The number of benzene rings is 1. The molecule has 0 spiro atoms. The van der Waals surface area contributed by atoms with Gasteiger partial charge in [0.2, 0.25) is 0 Å². The largest absolute Gasteiger partial charge is 0.424 e. The van der Waals surface area contributed by atoms with Gasteiger partial charge in [-0.3, -0.25) is 10.1 Å². The van der Waals surface area contributed by atoms with Crippen molar-refractivity contribution in [2.45, 2.75) is 6.04 Å². The second-order valence-electron chi connectivity index (χ2n) is 3.93. The molecule has 1 saturated heterocycles. The summed E-state index contributed by atoms with van der Waals surface area (Å²) in [6.45, 7) is 1.75. The highest BCUT2D eigenvalue weighted by atomic mass is 16.6. The first kappa shape index (κ1) is 10.0. The first-order chi connectivity index (χ1) is 8.22. The Bertz CT molecular complexity index is 576. The summed E-state index contributed by atoms with van der Waals surface area (Å²) in [5, 5.41) is 16.8. The molecule has 2 heterocycles. The quantitative estimate of drug-likeness (QED) is 0.610. The Morgan fingerprint density at radius 3 is 3.00 bits per heavy atom. The molecule has 0 saturated carbocycles. The number of nitrogens with zero attached hydrogens (tertiary/aromatic N) is 2. The van der Waals surface area contributed by atoms with Gasteiger partial charge in [0, 0.05) is 25.2 Å². The fourth-order valence-corrected chi connectivity index (χ4v) is 1.66. The molecule has 2 aromatic rings. The molecule has 2 N–H and O–H groups in total. The Morgan fingerprint density at radius 1 is 1.53 bits per heavy atom. The summed E-state index contributed by atoms with van der Waals surface area (Å²) in [5.41, 5.74) is 1.06. The highest BCUT2D eigenvalue weighted by Gasteiger charge is 2.19. The molecule has 7 heteroatoms. The van der Waals surface area contributed by atoms with E-state index in [2.05, 4.69) is 15.6 Å². The number of nitrogens with one attached hydrogen (secondary N) is 2. The molecular formula is C10H10N4O3. The van der Waals surface area contributed by atoms with E-state index in [-0.39, 0.29) is 5.69 Å². The number of nitro benzene ring substituents is 1. The van der Waals surface area contributed by atoms with Crippen molar-refractivity contribution in [3.63, 3.8) is 0 Å². The van der Waals surface area contributed by atoms with Crippen LogP contribution in [0.3, 0.4) is 0 Å². The molecule has 0 aliphatic carbocycles. The topological polar surface area (TPSA) is 93.2 Å². The molecule has 88 valence electrons. The van der Waals surface area contributed by atoms with E-state index in [9.17, 15) is 10.1 Å². The van der Waals surface area contributed by atoms with Crippen molar-refractivity contribution in [2.75, 3.05) is 18.4 Å². The fourth-order valence-electron chi connectivity index (χ4n) is 1.66. The minimum absolute atomic E-state index is 0.0164. The van der Waals surface area contributed by atoms with E-state index in [0.717, 1.165) is 13.1 Å². The Labute approximate surface area is 96.0 Å². The third kappa shape index (κ3) is 1.80. The molecular weight excluding hydrogens is 224 g/mol. The van der Waals surface area contributed by atoms with E-state index >= 15 is 0 Å². The first-order valence-corrected chi connectivity index (χ1v) is 5.24. The number of aromatic nitrogens is 1. The third-order valence-electron chi connectivity index (χ3n) is 2.69. The smallest absolute Gasteiger partial charge is 0.295 e. The second kappa shape index (κ2) is 3.70. The second-order valence-corrected chi connectivity index (χ2v) is 3.93. The molecule has 7 nitrogen and oxygen atoms in total. The van der Waals surface area contributed by atoms with Gasteiger partial charge in [-0.05, 0) is 6.07 Å². The summed E-state index contributed by atoms with van der Waals surface area (Å²) in [7, 11) is 0. The molecule has 3 rings (SSSR count). The number of fused-ring (bicyclic) bond motifs is 1. The zero-order valence-corrected chi connectivity index (χ0v) is 8.84. The van der Waals surface area contributed by atoms with Crippen LogP contribution in [0.15, 0.2) is 22.6 Å². The average molecular weight is 234 g/mol. The van der Waals surface area contributed by atoms with E-state index in [1.165, 1.54) is 12.1 Å². The number of anilines is 1. The number of nitro groups is 1. The molecule has 1 aliphatic heterocycles. The lowest BCUT2D eigenvalue weighted by Crippen LogP contribution is -2.51. The van der Waals surface area contributed by atoms with Gasteiger partial charge in [0.05, 0.1) is 11.0 Å². The minimum atomic E-state index is -0.447. The van der Waals surface area contributed by atoms with E-state index in [0.29, 0.717) is 23.2 Å². The Kier molecular flexibility index (Phi) is 2.19. The normalized spacial score (nSPS) is 15.8. The summed E-state index contributed by atoms with van der Waals surface area (Å²) in [6, 6.07) is 5.10. The van der Waals surface area contributed by atoms with Crippen molar-refractivity contribution >= 4 is 22.8 Å². The molecule has 0 radical (unpaired) electrons. The molecule has 1 aliphatic rings. The SMILES string of the molecule is O=[N+]([O-])c1ccc2oc(NC3CNC3)nc2c1. The van der Waals surface area contributed by atoms with Crippen molar-refractivity contribution in [3.05, 3.63) is 28.3 Å². The summed E-state index contributed by atoms with van der Waals surface area (Å²) < 4.78 is 5.44. The van der Waals surface area contributed by atoms with Crippen molar-refractivity contribution in [1.82, 2.24) is 10.3 Å². The summed E-state index contributed by atoms with van der Waals surface area (Å²) in [4.78, 5) is 14.3. The minimum Gasteiger partial charge on any atom is -0.424 e. The van der Waals surface area contributed by atoms with Gasteiger partial charge in [-0.2, -0.15) is 4.98 Å². The van der Waals surface area contributed by atoms with Gasteiger partial charge >= 0.3 is 0 Å². The van der Waals surface area contributed by atoms with Crippen LogP contribution in [0.25, 0.3) is 11.1 Å². The first-order valence-electron chi connectivity index (χ1n) is 5.24. The highest BCUT2D eigenvalue weighted by molar-refractivity contribution is 5.77. The maximum absolute atomic E-state index is 10.6. The molecule has 1 aromatic carbocycles. The van der Waals surface area contributed by atoms with Crippen LogP contribution in [0.4, 0.5) is 11.7 Å². The van der Waals surface area contributed by atoms with Gasteiger partial charge in [-0.25, -0.2) is 0 Å². The van der Waals surface area contributed by atoms with Gasteiger partial charge in [-0.15, -0.1) is 0 Å². The van der Waals surface area contributed by atoms with Crippen molar-refractivity contribution in [2.24, 2.45) is 0 Å². The fraction of sp³-hybridized carbons (Fsp3) is 0.300. The zero-order chi connectivity index (χ0) is 11.8. The lowest BCUT2D eigenvalue weighted by Gasteiger charge is -2.26.